The number of carbonyl (C=O) groups is 1. The van der Waals surface area contributed by atoms with Crippen LogP contribution in [0.25, 0.3) is 22.2 Å². The molecule has 0 bridgehead atoms. The number of ether oxygens (including phenoxy) is 1. The van der Waals surface area contributed by atoms with Crippen LogP contribution in [0.15, 0.2) is 59.7 Å². The number of nitrogens with zero attached hydrogens (tertiary/aromatic N) is 5. The Hall–Kier alpha value is -3.89. The van der Waals surface area contributed by atoms with Crippen molar-refractivity contribution >= 4 is 28.5 Å². The molecule has 3 aromatic heterocycles. The fraction of sp³-hybridized carbons (Fsp3) is 0.280. The molecule has 0 saturated carbocycles. The molecule has 3 heterocycles. The molecule has 0 aliphatic heterocycles. The van der Waals surface area contributed by atoms with E-state index < -0.39 is 23.6 Å². The molecule has 0 radical (unpaired) electrons. The lowest BCUT2D eigenvalue weighted by Gasteiger charge is -2.19. The van der Waals surface area contributed by atoms with Crippen molar-refractivity contribution < 1.29 is 19.7 Å². The first kappa shape index (κ1) is 25.2. The Bertz CT molecular complexity index is 1410. The number of fused-ring (bicyclic) bond motifs is 1. The highest BCUT2D eigenvalue weighted by Crippen LogP contribution is 2.21. The molecule has 1 aromatic carbocycles. The number of aliphatic carboxylic acids is 1. The summed E-state index contributed by atoms with van der Waals surface area (Å²) in [5.74, 6) is -1.72. The number of methoxy groups -OCH3 is 1. The van der Waals surface area contributed by atoms with Crippen LogP contribution in [0.3, 0.4) is 0 Å². The van der Waals surface area contributed by atoms with E-state index >= 15 is 0 Å². The van der Waals surface area contributed by atoms with Gasteiger partial charge >= 0.3 is 5.97 Å². The van der Waals surface area contributed by atoms with E-state index in [1.54, 1.807) is 43.8 Å². The van der Waals surface area contributed by atoms with Gasteiger partial charge in [0.15, 0.2) is 0 Å². The first-order valence-electron chi connectivity index (χ1n) is 11.3. The van der Waals surface area contributed by atoms with E-state index in [1.165, 1.54) is 0 Å². The Morgan fingerprint density at radius 3 is 2.61 bits per heavy atom. The molecule has 0 unspecified atom stereocenters. The highest BCUT2D eigenvalue weighted by atomic mass is 35.5. The van der Waals surface area contributed by atoms with Crippen LogP contribution >= 0.6 is 11.6 Å². The molecule has 0 aliphatic rings. The van der Waals surface area contributed by atoms with Crippen molar-refractivity contribution in [1.82, 2.24) is 25.0 Å². The number of carboxylic acid groups (broad SMARTS) is 1. The number of aryl methyl sites for hydroxylation is 2. The van der Waals surface area contributed by atoms with Gasteiger partial charge in [-0.15, -0.1) is 5.10 Å². The van der Waals surface area contributed by atoms with Gasteiger partial charge in [0.05, 0.1) is 35.2 Å². The van der Waals surface area contributed by atoms with Crippen LogP contribution in [0.1, 0.15) is 18.4 Å². The van der Waals surface area contributed by atoms with Gasteiger partial charge in [-0.2, -0.15) is 0 Å². The first-order valence-corrected chi connectivity index (χ1v) is 11.6. The largest absolute Gasteiger partial charge is 0.481 e. The van der Waals surface area contributed by atoms with Gasteiger partial charge < -0.3 is 14.9 Å². The Balaban J connectivity index is 1.38. The van der Waals surface area contributed by atoms with Crippen molar-refractivity contribution in [1.29, 1.82) is 0 Å². The summed E-state index contributed by atoms with van der Waals surface area (Å²) in [5, 5.41) is 28.6. The van der Waals surface area contributed by atoms with Gasteiger partial charge in [-0.05, 0) is 49.1 Å². The summed E-state index contributed by atoms with van der Waals surface area (Å²) in [5.41, 5.74) is 2.33. The standard InChI is InChI=1S/C25H24ClN5O5/c1-36-22-10-7-16(14-28-22)19-8-5-15(13-27-19)6-9-21(32)17(25(34)35)11-12-31-24(33)23-18(26)3-2-4-20(23)29-30-31/h2-5,7-8,10,13-14,17,21,32H,6,9,11-12H2,1H3,(H,34,35)/t17-,21+/m0/s1. The number of aliphatic hydroxyl groups excluding tert-OH is 1. The summed E-state index contributed by atoms with van der Waals surface area (Å²) < 4.78 is 6.14. The predicted octanol–water partition coefficient (Wildman–Crippen LogP) is 3.00. The third-order valence-electron chi connectivity index (χ3n) is 5.93. The summed E-state index contributed by atoms with van der Waals surface area (Å²) in [6, 6.07) is 12.2. The summed E-state index contributed by atoms with van der Waals surface area (Å²) in [7, 11) is 1.55. The second-order valence-electron chi connectivity index (χ2n) is 8.23. The van der Waals surface area contributed by atoms with Crippen LogP contribution < -0.4 is 10.3 Å². The van der Waals surface area contributed by atoms with E-state index in [1.807, 2.05) is 18.2 Å². The van der Waals surface area contributed by atoms with E-state index in [4.69, 9.17) is 16.3 Å². The number of carboxylic acids is 1. The molecule has 0 saturated heterocycles. The number of benzene rings is 1. The van der Waals surface area contributed by atoms with Gasteiger partial charge in [0, 0.05) is 30.6 Å². The molecule has 4 rings (SSSR count). The number of halogens is 1. The van der Waals surface area contributed by atoms with Crippen LogP contribution in [0, 0.1) is 5.92 Å². The number of rotatable bonds is 10. The third kappa shape index (κ3) is 5.67. The average Bonchev–Trinajstić information content (AvgIpc) is 2.89. The summed E-state index contributed by atoms with van der Waals surface area (Å²) in [4.78, 5) is 33.2. The van der Waals surface area contributed by atoms with Crippen LogP contribution in [0.2, 0.25) is 5.02 Å². The number of aromatic nitrogens is 5. The number of hydrogen-bond donors (Lipinski definition) is 2. The van der Waals surface area contributed by atoms with Crippen molar-refractivity contribution in [3.05, 3.63) is 75.8 Å². The topological polar surface area (TPSA) is 140 Å². The second-order valence-corrected chi connectivity index (χ2v) is 8.64. The summed E-state index contributed by atoms with van der Waals surface area (Å²) in [6.45, 7) is -0.0207. The molecular formula is C25H24ClN5O5. The Morgan fingerprint density at radius 2 is 1.94 bits per heavy atom. The third-order valence-corrected chi connectivity index (χ3v) is 6.24. The van der Waals surface area contributed by atoms with Crippen molar-refractivity contribution in [2.45, 2.75) is 31.9 Å². The number of pyridine rings is 2. The Morgan fingerprint density at radius 1 is 1.11 bits per heavy atom. The van der Waals surface area contributed by atoms with Crippen LogP contribution in [-0.4, -0.2) is 54.4 Å². The predicted molar refractivity (Wildman–Crippen MR) is 133 cm³/mol. The van der Waals surface area contributed by atoms with E-state index in [9.17, 15) is 19.8 Å². The van der Waals surface area contributed by atoms with Crippen molar-refractivity contribution in [3.8, 4) is 17.1 Å². The average molecular weight is 510 g/mol. The fourth-order valence-electron chi connectivity index (χ4n) is 3.88. The van der Waals surface area contributed by atoms with Crippen molar-refractivity contribution in [2.75, 3.05) is 7.11 Å². The van der Waals surface area contributed by atoms with Crippen LogP contribution in [-0.2, 0) is 17.8 Å². The van der Waals surface area contributed by atoms with Gasteiger partial charge in [0.1, 0.15) is 5.52 Å². The van der Waals surface area contributed by atoms with Crippen molar-refractivity contribution in [3.63, 3.8) is 0 Å². The highest BCUT2D eigenvalue weighted by molar-refractivity contribution is 6.35. The smallest absolute Gasteiger partial charge is 0.309 e. The Labute approximate surface area is 211 Å². The molecule has 0 aliphatic carbocycles. The van der Waals surface area contributed by atoms with Crippen LogP contribution in [0.4, 0.5) is 0 Å². The summed E-state index contributed by atoms with van der Waals surface area (Å²) >= 11 is 6.13. The molecule has 11 heteroatoms. The van der Waals surface area contributed by atoms with E-state index in [0.29, 0.717) is 17.8 Å². The molecule has 0 amide bonds. The summed E-state index contributed by atoms with van der Waals surface area (Å²) in [6.07, 6.45) is 2.89. The first-order chi connectivity index (χ1) is 17.4. The monoisotopic (exact) mass is 509 g/mol. The highest BCUT2D eigenvalue weighted by Gasteiger charge is 2.26. The lowest BCUT2D eigenvalue weighted by Crippen LogP contribution is -2.32. The zero-order valence-electron chi connectivity index (χ0n) is 19.4. The van der Waals surface area contributed by atoms with Gasteiger partial charge in [-0.1, -0.05) is 28.9 Å². The van der Waals surface area contributed by atoms with Gasteiger partial charge in [-0.3, -0.25) is 14.6 Å². The van der Waals surface area contributed by atoms with E-state index in [0.717, 1.165) is 21.5 Å². The quantitative estimate of drug-likeness (QED) is 0.330. The molecule has 186 valence electrons. The molecule has 0 fully saturated rings. The number of aliphatic hydroxyl groups is 1. The fourth-order valence-corrected chi connectivity index (χ4v) is 4.13. The van der Waals surface area contributed by atoms with Gasteiger partial charge in [0.2, 0.25) is 5.88 Å². The molecule has 2 atom stereocenters. The zero-order chi connectivity index (χ0) is 25.7. The minimum absolute atomic E-state index is 0.00268. The maximum atomic E-state index is 12.7. The lowest BCUT2D eigenvalue weighted by atomic mass is 9.94. The normalized spacial score (nSPS) is 12.9. The molecule has 0 spiro atoms. The van der Waals surface area contributed by atoms with Gasteiger partial charge in [-0.25, -0.2) is 9.67 Å². The van der Waals surface area contributed by atoms with Crippen molar-refractivity contribution in [2.24, 2.45) is 5.92 Å². The van der Waals surface area contributed by atoms with E-state index in [2.05, 4.69) is 20.3 Å². The molecule has 36 heavy (non-hydrogen) atoms. The lowest BCUT2D eigenvalue weighted by molar-refractivity contribution is -0.146. The minimum Gasteiger partial charge on any atom is -0.481 e. The molecule has 4 aromatic rings. The SMILES string of the molecule is COc1ccc(-c2ccc(CC[C@@H](O)[C@H](CCn3nnc4cccc(Cl)c4c3=O)C(=O)O)cn2)cn1. The minimum atomic E-state index is -1.15. The molecular weight excluding hydrogens is 486 g/mol. The van der Waals surface area contributed by atoms with E-state index in [-0.39, 0.29) is 29.8 Å². The maximum Gasteiger partial charge on any atom is 0.309 e. The Kier molecular flexibility index (Phi) is 7.87. The van der Waals surface area contributed by atoms with Crippen LogP contribution in [0.5, 0.6) is 5.88 Å². The second kappa shape index (κ2) is 11.2. The zero-order valence-corrected chi connectivity index (χ0v) is 20.2. The maximum absolute atomic E-state index is 12.7. The number of hydrogen-bond acceptors (Lipinski definition) is 8. The molecule has 10 nitrogen and oxygen atoms in total. The van der Waals surface area contributed by atoms with Gasteiger partial charge in [0.25, 0.3) is 5.56 Å². The molecule has 2 N–H and O–H groups in total.